The maximum absolute atomic E-state index is 12.5. The SMILES string of the molecule is Cc1nn(C)cc1-c1cc(C(=O)NCCc2ccc(C(F)(F)F)cc2)[nH]n1. The quantitative estimate of drug-likeness (QED) is 0.717. The fraction of sp³-hybridized carbons (Fsp3) is 0.278. The molecule has 0 radical (unpaired) electrons. The number of rotatable bonds is 5. The number of hydrogen-bond acceptors (Lipinski definition) is 3. The van der Waals surface area contributed by atoms with Crippen LogP contribution in [0.1, 0.15) is 27.3 Å². The molecule has 9 heteroatoms. The Hall–Kier alpha value is -3.10. The van der Waals surface area contributed by atoms with Gasteiger partial charge in [-0.25, -0.2) is 0 Å². The molecule has 27 heavy (non-hydrogen) atoms. The predicted octanol–water partition coefficient (Wildman–Crippen LogP) is 3.11. The maximum atomic E-state index is 12.5. The third-order valence-corrected chi connectivity index (χ3v) is 4.09. The molecule has 0 unspecified atom stereocenters. The van der Waals surface area contributed by atoms with Gasteiger partial charge >= 0.3 is 6.18 Å². The number of carbonyl (C=O) groups excluding carboxylic acids is 1. The Morgan fingerprint density at radius 3 is 2.56 bits per heavy atom. The Morgan fingerprint density at radius 1 is 1.26 bits per heavy atom. The zero-order valence-electron chi connectivity index (χ0n) is 14.8. The summed E-state index contributed by atoms with van der Waals surface area (Å²) >= 11 is 0. The lowest BCUT2D eigenvalue weighted by Crippen LogP contribution is -2.26. The number of nitrogens with zero attached hydrogens (tertiary/aromatic N) is 3. The highest BCUT2D eigenvalue weighted by Gasteiger charge is 2.29. The molecule has 0 saturated carbocycles. The molecule has 2 heterocycles. The van der Waals surface area contributed by atoms with E-state index in [2.05, 4.69) is 20.6 Å². The number of aryl methyl sites for hydroxylation is 2. The Balaban J connectivity index is 1.56. The summed E-state index contributed by atoms with van der Waals surface area (Å²) in [5.74, 6) is -0.331. The standard InChI is InChI=1S/C18H18F3N5O/c1-11-14(10-26(2)25-11)15-9-16(24-23-15)17(27)22-8-7-12-3-5-13(6-4-12)18(19,20)21/h3-6,9-10H,7-8H2,1-2H3,(H,22,27)(H,23,24). The lowest BCUT2D eigenvalue weighted by atomic mass is 10.1. The highest BCUT2D eigenvalue weighted by atomic mass is 19.4. The van der Waals surface area contributed by atoms with Crippen LogP contribution in [0.25, 0.3) is 11.3 Å². The highest BCUT2D eigenvalue weighted by Crippen LogP contribution is 2.29. The summed E-state index contributed by atoms with van der Waals surface area (Å²) in [4.78, 5) is 12.2. The van der Waals surface area contributed by atoms with Gasteiger partial charge in [-0.05, 0) is 37.1 Å². The molecule has 142 valence electrons. The first kappa shape index (κ1) is 18.7. The number of aromatic nitrogens is 4. The molecule has 3 rings (SSSR count). The van der Waals surface area contributed by atoms with Crippen LogP contribution in [0.2, 0.25) is 0 Å². The first-order chi connectivity index (χ1) is 12.7. The van der Waals surface area contributed by atoms with Crippen LogP contribution in [0.15, 0.2) is 36.5 Å². The van der Waals surface area contributed by atoms with Gasteiger partial charge in [-0.3, -0.25) is 14.6 Å². The van der Waals surface area contributed by atoms with Crippen molar-refractivity contribution in [3.8, 4) is 11.3 Å². The average Bonchev–Trinajstić information content (AvgIpc) is 3.20. The molecule has 2 N–H and O–H groups in total. The molecule has 0 bridgehead atoms. The number of hydrogen-bond donors (Lipinski definition) is 2. The van der Waals surface area contributed by atoms with Crippen molar-refractivity contribution in [1.82, 2.24) is 25.3 Å². The zero-order valence-corrected chi connectivity index (χ0v) is 14.8. The van der Waals surface area contributed by atoms with Crippen molar-refractivity contribution >= 4 is 5.91 Å². The van der Waals surface area contributed by atoms with E-state index in [0.29, 0.717) is 29.9 Å². The minimum Gasteiger partial charge on any atom is -0.350 e. The predicted molar refractivity (Wildman–Crippen MR) is 93.0 cm³/mol. The molecule has 0 aliphatic rings. The first-order valence-corrected chi connectivity index (χ1v) is 8.24. The molecule has 1 aromatic carbocycles. The number of amides is 1. The van der Waals surface area contributed by atoms with Crippen molar-refractivity contribution in [2.24, 2.45) is 7.05 Å². The Labute approximate surface area is 153 Å². The second-order valence-corrected chi connectivity index (χ2v) is 6.17. The van der Waals surface area contributed by atoms with Gasteiger partial charge in [0.2, 0.25) is 0 Å². The van der Waals surface area contributed by atoms with Crippen LogP contribution in [0.3, 0.4) is 0 Å². The lowest BCUT2D eigenvalue weighted by Gasteiger charge is -2.08. The van der Waals surface area contributed by atoms with Gasteiger partial charge in [-0.1, -0.05) is 12.1 Å². The Bertz CT molecular complexity index is 941. The van der Waals surface area contributed by atoms with Gasteiger partial charge in [-0.2, -0.15) is 23.4 Å². The largest absolute Gasteiger partial charge is 0.416 e. The Kier molecular flexibility index (Phi) is 5.02. The van der Waals surface area contributed by atoms with Crippen molar-refractivity contribution < 1.29 is 18.0 Å². The van der Waals surface area contributed by atoms with Crippen LogP contribution >= 0.6 is 0 Å². The number of H-pyrrole nitrogens is 1. The van der Waals surface area contributed by atoms with Gasteiger partial charge in [0.05, 0.1) is 17.0 Å². The molecule has 1 amide bonds. The van der Waals surface area contributed by atoms with E-state index in [1.165, 1.54) is 12.1 Å². The summed E-state index contributed by atoms with van der Waals surface area (Å²) in [7, 11) is 1.80. The number of carbonyl (C=O) groups is 1. The maximum Gasteiger partial charge on any atom is 0.416 e. The van der Waals surface area contributed by atoms with E-state index in [1.54, 1.807) is 17.8 Å². The van der Waals surface area contributed by atoms with Gasteiger partial charge in [0.1, 0.15) is 5.69 Å². The van der Waals surface area contributed by atoms with Gasteiger partial charge in [0.25, 0.3) is 5.91 Å². The Morgan fingerprint density at radius 2 is 1.96 bits per heavy atom. The van der Waals surface area contributed by atoms with Crippen LogP contribution in [0, 0.1) is 6.92 Å². The van der Waals surface area contributed by atoms with E-state index in [0.717, 1.165) is 23.4 Å². The number of benzene rings is 1. The molecule has 2 aromatic heterocycles. The monoisotopic (exact) mass is 377 g/mol. The molecule has 3 aromatic rings. The second kappa shape index (κ2) is 7.26. The van der Waals surface area contributed by atoms with Crippen LogP contribution in [-0.4, -0.2) is 32.4 Å². The van der Waals surface area contributed by atoms with E-state index in [-0.39, 0.29) is 5.91 Å². The van der Waals surface area contributed by atoms with Gasteiger partial charge in [0, 0.05) is 25.4 Å². The first-order valence-electron chi connectivity index (χ1n) is 8.24. The van der Waals surface area contributed by atoms with E-state index >= 15 is 0 Å². The highest BCUT2D eigenvalue weighted by molar-refractivity contribution is 5.93. The molecular formula is C18H18F3N5O. The van der Waals surface area contributed by atoms with Crippen LogP contribution < -0.4 is 5.32 Å². The van der Waals surface area contributed by atoms with Crippen LogP contribution in [0.4, 0.5) is 13.2 Å². The summed E-state index contributed by atoms with van der Waals surface area (Å²) in [5.41, 5.74) is 2.58. The summed E-state index contributed by atoms with van der Waals surface area (Å²) < 4.78 is 39.3. The molecule has 6 nitrogen and oxygen atoms in total. The molecule has 0 spiro atoms. The molecule has 0 atom stereocenters. The van der Waals surface area contributed by atoms with Crippen molar-refractivity contribution in [2.75, 3.05) is 6.54 Å². The summed E-state index contributed by atoms with van der Waals surface area (Å²) in [6, 6.07) is 6.53. The van der Waals surface area contributed by atoms with E-state index in [4.69, 9.17) is 0 Å². The van der Waals surface area contributed by atoms with Gasteiger partial charge in [-0.15, -0.1) is 0 Å². The van der Waals surface area contributed by atoms with Crippen molar-refractivity contribution in [1.29, 1.82) is 0 Å². The topological polar surface area (TPSA) is 75.6 Å². The smallest absolute Gasteiger partial charge is 0.350 e. The average molecular weight is 377 g/mol. The second-order valence-electron chi connectivity index (χ2n) is 6.17. The number of halogens is 3. The third kappa shape index (κ3) is 4.36. The molecule has 0 saturated heterocycles. The number of nitrogens with one attached hydrogen (secondary N) is 2. The minimum atomic E-state index is -4.35. The van der Waals surface area contributed by atoms with Gasteiger partial charge < -0.3 is 5.32 Å². The summed E-state index contributed by atoms with van der Waals surface area (Å²) in [6.07, 6.45) is -2.11. The zero-order chi connectivity index (χ0) is 19.6. The minimum absolute atomic E-state index is 0.296. The molecule has 0 fully saturated rings. The van der Waals surface area contributed by atoms with Gasteiger partial charge in [0.15, 0.2) is 0 Å². The fourth-order valence-electron chi connectivity index (χ4n) is 2.70. The normalized spacial score (nSPS) is 11.6. The van der Waals surface area contributed by atoms with Crippen LogP contribution in [-0.2, 0) is 19.6 Å². The van der Waals surface area contributed by atoms with Crippen molar-refractivity contribution in [3.05, 3.63) is 59.0 Å². The molecule has 0 aliphatic carbocycles. The summed E-state index contributed by atoms with van der Waals surface area (Å²) in [5, 5.41) is 13.8. The molecule has 0 aliphatic heterocycles. The fourth-order valence-corrected chi connectivity index (χ4v) is 2.70. The lowest BCUT2D eigenvalue weighted by molar-refractivity contribution is -0.137. The summed E-state index contributed by atoms with van der Waals surface area (Å²) in [6.45, 7) is 2.15. The van der Waals surface area contributed by atoms with Crippen molar-refractivity contribution in [3.63, 3.8) is 0 Å². The van der Waals surface area contributed by atoms with E-state index in [1.807, 2.05) is 13.1 Å². The van der Waals surface area contributed by atoms with Crippen molar-refractivity contribution in [2.45, 2.75) is 19.5 Å². The van der Waals surface area contributed by atoms with E-state index < -0.39 is 11.7 Å². The number of aromatic amines is 1. The molecular weight excluding hydrogens is 359 g/mol. The number of alkyl halides is 3. The third-order valence-electron chi connectivity index (χ3n) is 4.09. The van der Waals surface area contributed by atoms with E-state index in [9.17, 15) is 18.0 Å². The van der Waals surface area contributed by atoms with Crippen LogP contribution in [0.5, 0.6) is 0 Å².